The van der Waals surface area contributed by atoms with E-state index >= 15 is 0 Å². The van der Waals surface area contributed by atoms with Crippen LogP contribution in [0.3, 0.4) is 0 Å². The zero-order valence-corrected chi connectivity index (χ0v) is 11.9. The SMILES string of the molecule is Cc1ncn(CC(O)(P(=O)(O)O)P(=O)(O)O)c1C.O. The average molecular weight is 318 g/mol. The summed E-state index contributed by atoms with van der Waals surface area (Å²) in [6.45, 7) is 2.20. The third-order valence-corrected chi connectivity index (χ3v) is 6.37. The van der Waals surface area contributed by atoms with E-state index in [1.165, 1.54) is 0 Å². The summed E-state index contributed by atoms with van der Waals surface area (Å²) in [5.74, 6) is 0. The molecule has 1 rings (SSSR count). The number of rotatable bonds is 4. The van der Waals surface area contributed by atoms with Crippen LogP contribution in [0, 0.1) is 13.8 Å². The van der Waals surface area contributed by atoms with Crippen molar-refractivity contribution < 1.29 is 39.3 Å². The largest absolute Gasteiger partial charge is 0.412 e. The first-order chi connectivity index (χ1) is 7.90. The summed E-state index contributed by atoms with van der Waals surface area (Å²) in [5, 5.41) is 6.24. The van der Waals surface area contributed by atoms with Crippen LogP contribution in [0.2, 0.25) is 0 Å². The normalized spacial score (nSPS) is 13.2. The predicted octanol–water partition coefficient (Wildman–Crippen LogP) is -1.32. The van der Waals surface area contributed by atoms with Crippen LogP contribution in [0.15, 0.2) is 6.33 Å². The molecular weight excluding hydrogens is 302 g/mol. The topological polar surface area (TPSA) is 185 Å². The molecule has 10 nitrogen and oxygen atoms in total. The zero-order chi connectivity index (χ0) is 14.4. The highest BCUT2D eigenvalue weighted by atomic mass is 31.2. The third-order valence-electron chi connectivity index (χ3n) is 2.66. The Bertz CT molecular complexity index is 521. The summed E-state index contributed by atoms with van der Waals surface area (Å²) in [7, 11) is -10.9. The Balaban J connectivity index is 0.00000324. The molecule has 0 aliphatic carbocycles. The predicted molar refractivity (Wildman–Crippen MR) is 64.4 cm³/mol. The van der Waals surface area contributed by atoms with Gasteiger partial charge in [0.25, 0.3) is 5.08 Å². The molecule has 19 heavy (non-hydrogen) atoms. The Labute approximate surface area is 108 Å². The molecule has 0 amide bonds. The van der Waals surface area contributed by atoms with Crippen LogP contribution < -0.4 is 0 Å². The number of hydrogen-bond acceptors (Lipinski definition) is 4. The summed E-state index contributed by atoms with van der Waals surface area (Å²) < 4.78 is 23.4. The van der Waals surface area contributed by atoms with Crippen molar-refractivity contribution in [1.29, 1.82) is 0 Å². The van der Waals surface area contributed by atoms with E-state index in [1.807, 2.05) is 0 Å². The Morgan fingerprint density at radius 3 is 1.89 bits per heavy atom. The van der Waals surface area contributed by atoms with E-state index in [0.717, 1.165) is 10.9 Å². The van der Waals surface area contributed by atoms with Gasteiger partial charge < -0.3 is 34.7 Å². The molecule has 0 aromatic carbocycles. The lowest BCUT2D eigenvalue weighted by Gasteiger charge is -2.29. The Hall–Kier alpha value is -0.570. The smallest absolute Gasteiger partial charge is 0.371 e. The Kier molecular flexibility index (Phi) is 5.27. The molecule has 12 heteroatoms. The maximum absolute atomic E-state index is 11.1. The van der Waals surface area contributed by atoms with Crippen LogP contribution in [0.5, 0.6) is 0 Å². The van der Waals surface area contributed by atoms with Crippen LogP contribution in [-0.2, 0) is 15.7 Å². The molecule has 0 aliphatic heterocycles. The lowest BCUT2D eigenvalue weighted by molar-refractivity contribution is 0.114. The minimum absolute atomic E-state index is 0. The van der Waals surface area contributed by atoms with Gasteiger partial charge in [-0.3, -0.25) is 9.13 Å². The van der Waals surface area contributed by atoms with Crippen molar-refractivity contribution >= 4 is 15.2 Å². The van der Waals surface area contributed by atoms with Crippen molar-refractivity contribution in [3.8, 4) is 0 Å². The molecule has 7 N–H and O–H groups in total. The van der Waals surface area contributed by atoms with Crippen molar-refractivity contribution in [2.45, 2.75) is 25.5 Å². The van der Waals surface area contributed by atoms with Gasteiger partial charge in [-0.25, -0.2) is 4.98 Å². The Morgan fingerprint density at radius 2 is 1.63 bits per heavy atom. The minimum Gasteiger partial charge on any atom is -0.412 e. The maximum Gasteiger partial charge on any atom is 0.371 e. The third kappa shape index (κ3) is 3.31. The summed E-state index contributed by atoms with van der Waals surface area (Å²) in [4.78, 5) is 39.7. The molecule has 0 atom stereocenters. The molecule has 112 valence electrons. The van der Waals surface area contributed by atoms with Crippen molar-refractivity contribution in [2.24, 2.45) is 0 Å². The van der Waals surface area contributed by atoms with Gasteiger partial charge in [0, 0.05) is 5.69 Å². The molecule has 1 aromatic rings. The second-order valence-corrected chi connectivity index (χ2v) is 7.91. The van der Waals surface area contributed by atoms with Crippen LogP contribution >= 0.6 is 15.2 Å². The highest BCUT2D eigenvalue weighted by Gasteiger charge is 2.59. The van der Waals surface area contributed by atoms with E-state index in [-0.39, 0.29) is 5.48 Å². The molecule has 1 aromatic heterocycles. The quantitative estimate of drug-likeness (QED) is 0.423. The van der Waals surface area contributed by atoms with Crippen LogP contribution in [0.4, 0.5) is 0 Å². The number of nitrogens with zero attached hydrogens (tertiary/aromatic N) is 2. The first-order valence-corrected chi connectivity index (χ1v) is 7.94. The van der Waals surface area contributed by atoms with Crippen LogP contribution in [0.25, 0.3) is 0 Å². The lowest BCUT2D eigenvalue weighted by Crippen LogP contribution is -2.34. The van der Waals surface area contributed by atoms with Crippen molar-refractivity contribution in [1.82, 2.24) is 9.55 Å². The van der Waals surface area contributed by atoms with Gasteiger partial charge in [-0.15, -0.1) is 0 Å². The molecule has 0 aliphatic rings. The van der Waals surface area contributed by atoms with E-state index in [9.17, 15) is 14.2 Å². The van der Waals surface area contributed by atoms with E-state index < -0.39 is 26.8 Å². The number of imidazole rings is 1. The van der Waals surface area contributed by atoms with Crippen molar-refractivity contribution in [3.05, 3.63) is 17.7 Å². The zero-order valence-electron chi connectivity index (χ0n) is 10.1. The first kappa shape index (κ1) is 18.4. The number of aliphatic hydroxyl groups is 1. The summed E-state index contributed by atoms with van der Waals surface area (Å²) in [5.41, 5.74) is 0.962. The molecular formula is C7H16N2O8P2. The van der Waals surface area contributed by atoms with Crippen LogP contribution in [-0.4, -0.2) is 44.8 Å². The minimum atomic E-state index is -5.44. The molecule has 0 bridgehead atoms. The number of aromatic nitrogens is 2. The van der Waals surface area contributed by atoms with E-state index in [1.54, 1.807) is 13.8 Å². The molecule has 0 unspecified atom stereocenters. The van der Waals surface area contributed by atoms with Gasteiger partial charge in [-0.2, -0.15) is 0 Å². The molecule has 0 spiro atoms. The van der Waals surface area contributed by atoms with E-state index in [0.29, 0.717) is 11.4 Å². The average Bonchev–Trinajstić information content (AvgIpc) is 2.46. The van der Waals surface area contributed by atoms with Gasteiger partial charge >= 0.3 is 15.2 Å². The van der Waals surface area contributed by atoms with Gasteiger partial charge in [-0.05, 0) is 13.8 Å². The van der Waals surface area contributed by atoms with Crippen molar-refractivity contribution in [2.75, 3.05) is 0 Å². The molecule has 1 heterocycles. The van der Waals surface area contributed by atoms with E-state index in [2.05, 4.69) is 4.98 Å². The second kappa shape index (κ2) is 5.43. The van der Waals surface area contributed by atoms with Crippen molar-refractivity contribution in [3.63, 3.8) is 0 Å². The highest BCUT2D eigenvalue weighted by molar-refractivity contribution is 7.72. The summed E-state index contributed by atoms with van der Waals surface area (Å²) in [6.07, 6.45) is 1.14. The molecule has 0 saturated heterocycles. The lowest BCUT2D eigenvalue weighted by atomic mass is 10.4. The Morgan fingerprint density at radius 1 is 1.21 bits per heavy atom. The fourth-order valence-electron chi connectivity index (χ4n) is 1.29. The standard InChI is InChI=1S/C7H14N2O7P2.H2O/c1-5-6(2)9(4-8-5)3-7(10,17(11,12)13)18(14,15)16;/h4,10H,3H2,1-2H3,(H2,11,12,13)(H2,14,15,16);1H2. The van der Waals surface area contributed by atoms with Gasteiger partial charge in [0.05, 0.1) is 18.6 Å². The second-order valence-electron chi connectivity index (χ2n) is 3.91. The fraction of sp³-hybridized carbons (Fsp3) is 0.571. The number of hydrogen-bond donors (Lipinski definition) is 5. The first-order valence-electron chi connectivity index (χ1n) is 4.72. The summed E-state index contributed by atoms with van der Waals surface area (Å²) in [6, 6.07) is 0. The fourth-order valence-corrected chi connectivity index (χ4v) is 3.32. The monoisotopic (exact) mass is 318 g/mol. The summed E-state index contributed by atoms with van der Waals surface area (Å²) >= 11 is 0. The molecule has 0 fully saturated rings. The van der Waals surface area contributed by atoms with Gasteiger partial charge in [-0.1, -0.05) is 0 Å². The van der Waals surface area contributed by atoms with Gasteiger partial charge in [0.2, 0.25) is 0 Å². The number of aryl methyl sites for hydroxylation is 1. The van der Waals surface area contributed by atoms with E-state index in [4.69, 9.17) is 19.6 Å². The van der Waals surface area contributed by atoms with Gasteiger partial charge in [0.15, 0.2) is 0 Å². The maximum atomic E-state index is 11.1. The highest BCUT2D eigenvalue weighted by Crippen LogP contribution is 2.68. The molecule has 0 radical (unpaired) electrons. The van der Waals surface area contributed by atoms with Crippen LogP contribution in [0.1, 0.15) is 11.4 Å². The van der Waals surface area contributed by atoms with Gasteiger partial charge in [0.1, 0.15) is 0 Å². The molecule has 0 saturated carbocycles.